The highest BCUT2D eigenvalue weighted by atomic mass is 16.2. The Labute approximate surface area is 199 Å². The summed E-state index contributed by atoms with van der Waals surface area (Å²) in [5.41, 5.74) is 5.12. The van der Waals surface area contributed by atoms with Crippen LogP contribution in [0, 0.1) is 6.92 Å². The molecule has 0 atom stereocenters. The molecule has 5 heteroatoms. The Morgan fingerprint density at radius 2 is 1.56 bits per heavy atom. The van der Waals surface area contributed by atoms with E-state index >= 15 is 0 Å². The minimum absolute atomic E-state index is 0.0137. The third kappa shape index (κ3) is 4.55. The average molecular weight is 450 g/mol. The number of para-hydroxylation sites is 1. The van der Waals surface area contributed by atoms with Crippen LogP contribution in [0.1, 0.15) is 39.1 Å². The largest absolute Gasteiger partial charge is 0.349 e. The summed E-state index contributed by atoms with van der Waals surface area (Å²) >= 11 is 0. The number of amides is 2. The summed E-state index contributed by atoms with van der Waals surface area (Å²) in [5.74, 6) is -0.0481. The number of hydrogen-bond donors (Lipinski definition) is 1. The Hall–Kier alpha value is -3.99. The zero-order chi connectivity index (χ0) is 23.5. The van der Waals surface area contributed by atoms with Gasteiger partial charge in [0.25, 0.3) is 11.8 Å². The quantitative estimate of drug-likeness (QED) is 0.463. The maximum absolute atomic E-state index is 13.6. The first kappa shape index (κ1) is 21.8. The van der Waals surface area contributed by atoms with Crippen molar-refractivity contribution < 1.29 is 9.59 Å². The molecule has 5 rings (SSSR count). The lowest BCUT2D eigenvalue weighted by Crippen LogP contribution is -2.46. The van der Waals surface area contributed by atoms with E-state index in [9.17, 15) is 9.59 Å². The van der Waals surface area contributed by atoms with Crippen LogP contribution in [0.5, 0.6) is 0 Å². The summed E-state index contributed by atoms with van der Waals surface area (Å²) in [5, 5.41) is 3.98. The highest BCUT2D eigenvalue weighted by molar-refractivity contribution is 6.07. The Kier molecular flexibility index (Phi) is 6.09. The smallest absolute Gasteiger partial charge is 0.254 e. The second-order valence-corrected chi connectivity index (χ2v) is 8.84. The topological polar surface area (TPSA) is 62.3 Å². The molecule has 0 radical (unpaired) electrons. The summed E-state index contributed by atoms with van der Waals surface area (Å²) in [6, 6.07) is 27.2. The number of carbonyl (C=O) groups is 2. The number of aryl methyl sites for hydroxylation is 1. The lowest BCUT2D eigenvalue weighted by molar-refractivity contribution is 0.0700. The fourth-order valence-corrected chi connectivity index (χ4v) is 4.48. The lowest BCUT2D eigenvalue weighted by atomic mass is 10.00. The Morgan fingerprint density at radius 3 is 2.29 bits per heavy atom. The molecule has 1 aliphatic heterocycles. The van der Waals surface area contributed by atoms with Gasteiger partial charge < -0.3 is 10.2 Å². The van der Waals surface area contributed by atoms with Crippen LogP contribution in [-0.4, -0.2) is 40.8 Å². The van der Waals surface area contributed by atoms with Gasteiger partial charge >= 0.3 is 0 Å². The van der Waals surface area contributed by atoms with Crippen molar-refractivity contribution in [3.63, 3.8) is 0 Å². The van der Waals surface area contributed by atoms with E-state index in [0.717, 1.165) is 35.0 Å². The summed E-state index contributed by atoms with van der Waals surface area (Å²) in [6.45, 7) is 3.27. The van der Waals surface area contributed by atoms with Gasteiger partial charge in [-0.05, 0) is 44.0 Å². The first-order valence-electron chi connectivity index (χ1n) is 11.7. The molecule has 0 aliphatic carbocycles. The fraction of sp³-hybridized carbons (Fsp3) is 0.207. The number of hydrogen-bond acceptors (Lipinski definition) is 3. The van der Waals surface area contributed by atoms with E-state index < -0.39 is 0 Å². The van der Waals surface area contributed by atoms with Crippen molar-refractivity contribution in [1.82, 2.24) is 15.2 Å². The average Bonchev–Trinajstić information content (AvgIpc) is 2.89. The lowest BCUT2D eigenvalue weighted by Gasteiger charge is -2.32. The molecular formula is C29H27N3O2. The molecule has 5 nitrogen and oxygen atoms in total. The number of benzene rings is 3. The third-order valence-corrected chi connectivity index (χ3v) is 6.45. The van der Waals surface area contributed by atoms with Crippen LogP contribution in [0.15, 0.2) is 84.9 Å². The number of nitrogens with one attached hydrogen (secondary N) is 1. The molecule has 2 heterocycles. The van der Waals surface area contributed by atoms with E-state index in [0.29, 0.717) is 24.2 Å². The zero-order valence-corrected chi connectivity index (χ0v) is 19.2. The minimum Gasteiger partial charge on any atom is -0.349 e. The molecule has 1 saturated heterocycles. The molecule has 0 saturated carbocycles. The summed E-state index contributed by atoms with van der Waals surface area (Å²) in [7, 11) is 0. The van der Waals surface area contributed by atoms with E-state index in [4.69, 9.17) is 4.98 Å². The van der Waals surface area contributed by atoms with Crippen LogP contribution in [0.4, 0.5) is 0 Å². The van der Waals surface area contributed by atoms with Gasteiger partial charge in [0.2, 0.25) is 0 Å². The van der Waals surface area contributed by atoms with Crippen molar-refractivity contribution in [1.29, 1.82) is 0 Å². The summed E-state index contributed by atoms with van der Waals surface area (Å²) in [6.07, 6.45) is 1.47. The van der Waals surface area contributed by atoms with Crippen molar-refractivity contribution in [3.8, 4) is 11.3 Å². The zero-order valence-electron chi connectivity index (χ0n) is 19.2. The number of piperidine rings is 1. The van der Waals surface area contributed by atoms with Crippen LogP contribution in [0.25, 0.3) is 22.2 Å². The first-order valence-corrected chi connectivity index (χ1v) is 11.7. The number of aromatic nitrogens is 1. The van der Waals surface area contributed by atoms with Crippen LogP contribution >= 0.6 is 0 Å². The molecule has 170 valence electrons. The maximum Gasteiger partial charge on any atom is 0.254 e. The van der Waals surface area contributed by atoms with Crippen molar-refractivity contribution in [2.24, 2.45) is 0 Å². The fourth-order valence-electron chi connectivity index (χ4n) is 4.48. The summed E-state index contributed by atoms with van der Waals surface area (Å²) < 4.78 is 0. The number of fused-ring (bicyclic) bond motifs is 1. The molecule has 3 aromatic carbocycles. The van der Waals surface area contributed by atoms with Crippen LogP contribution < -0.4 is 5.32 Å². The number of nitrogens with zero attached hydrogens (tertiary/aromatic N) is 2. The Bertz CT molecular complexity index is 1320. The molecule has 1 aliphatic rings. The van der Waals surface area contributed by atoms with Gasteiger partial charge in [-0.15, -0.1) is 0 Å². The molecule has 0 unspecified atom stereocenters. The Balaban J connectivity index is 1.34. The van der Waals surface area contributed by atoms with Crippen LogP contribution in [0.3, 0.4) is 0 Å². The predicted octanol–water partition coefficient (Wildman–Crippen LogP) is 5.24. The molecule has 1 fully saturated rings. The van der Waals surface area contributed by atoms with Gasteiger partial charge in [-0.2, -0.15) is 0 Å². The van der Waals surface area contributed by atoms with Crippen LogP contribution in [-0.2, 0) is 0 Å². The van der Waals surface area contributed by atoms with Crippen molar-refractivity contribution in [3.05, 3.63) is 102 Å². The number of likely N-dealkylation sites (tertiary alicyclic amines) is 1. The molecule has 1 N–H and O–H groups in total. The van der Waals surface area contributed by atoms with E-state index in [-0.39, 0.29) is 17.9 Å². The van der Waals surface area contributed by atoms with E-state index in [1.165, 1.54) is 5.56 Å². The van der Waals surface area contributed by atoms with Gasteiger partial charge in [0.1, 0.15) is 0 Å². The van der Waals surface area contributed by atoms with Gasteiger partial charge in [-0.3, -0.25) is 9.59 Å². The molecule has 0 spiro atoms. The second-order valence-electron chi connectivity index (χ2n) is 8.84. The van der Waals surface area contributed by atoms with Gasteiger partial charge in [0.15, 0.2) is 0 Å². The molecule has 0 bridgehead atoms. The maximum atomic E-state index is 13.6. The molecule has 1 aromatic heterocycles. The first-order chi connectivity index (χ1) is 16.6. The van der Waals surface area contributed by atoms with Gasteiger partial charge in [0.05, 0.1) is 16.8 Å². The minimum atomic E-state index is -0.0618. The van der Waals surface area contributed by atoms with Gasteiger partial charge in [0, 0.05) is 35.6 Å². The molecule has 34 heavy (non-hydrogen) atoms. The number of pyridine rings is 1. The van der Waals surface area contributed by atoms with E-state index in [2.05, 4.69) is 24.4 Å². The second kappa shape index (κ2) is 9.48. The monoisotopic (exact) mass is 449 g/mol. The van der Waals surface area contributed by atoms with E-state index in [1.54, 1.807) is 0 Å². The standard InChI is InChI=1S/C29H27N3O2/c1-20-11-13-21(14-12-20)27-19-25(24-9-5-6-10-26(24)31-27)29(34)32-17-15-23(16-18-32)30-28(33)22-7-3-2-4-8-22/h2-14,19,23H,15-18H2,1H3,(H,30,33). The predicted molar refractivity (Wildman–Crippen MR) is 135 cm³/mol. The molecule has 4 aromatic rings. The third-order valence-electron chi connectivity index (χ3n) is 6.45. The molecule has 2 amide bonds. The SMILES string of the molecule is Cc1ccc(-c2cc(C(=O)N3CCC(NC(=O)c4ccccc4)CC3)c3ccccc3n2)cc1. The normalized spacial score (nSPS) is 14.2. The molecular weight excluding hydrogens is 422 g/mol. The van der Waals surface area contributed by atoms with Crippen molar-refractivity contribution >= 4 is 22.7 Å². The van der Waals surface area contributed by atoms with Gasteiger partial charge in [-0.25, -0.2) is 4.98 Å². The Morgan fingerprint density at radius 1 is 0.882 bits per heavy atom. The van der Waals surface area contributed by atoms with Crippen molar-refractivity contribution in [2.45, 2.75) is 25.8 Å². The summed E-state index contributed by atoms with van der Waals surface area (Å²) in [4.78, 5) is 32.8. The van der Waals surface area contributed by atoms with Crippen molar-refractivity contribution in [2.75, 3.05) is 13.1 Å². The highest BCUT2D eigenvalue weighted by Crippen LogP contribution is 2.27. The highest BCUT2D eigenvalue weighted by Gasteiger charge is 2.26. The number of carbonyl (C=O) groups excluding carboxylic acids is 2. The van der Waals surface area contributed by atoms with Crippen LogP contribution in [0.2, 0.25) is 0 Å². The van der Waals surface area contributed by atoms with E-state index in [1.807, 2.05) is 77.7 Å². The van der Waals surface area contributed by atoms with Gasteiger partial charge in [-0.1, -0.05) is 66.2 Å². The number of rotatable bonds is 4.